The lowest BCUT2D eigenvalue weighted by atomic mass is 10.2. The van der Waals surface area contributed by atoms with Crippen molar-refractivity contribution in [1.29, 1.82) is 0 Å². The van der Waals surface area contributed by atoms with Gasteiger partial charge in [-0.25, -0.2) is 17.2 Å². The topological polar surface area (TPSA) is 63.2 Å². The molecule has 27 heavy (non-hydrogen) atoms. The lowest BCUT2D eigenvalue weighted by Gasteiger charge is -2.17. The zero-order valence-electron chi connectivity index (χ0n) is 13.9. The van der Waals surface area contributed by atoms with Crippen molar-refractivity contribution in [2.24, 2.45) is 0 Å². The van der Waals surface area contributed by atoms with Crippen molar-refractivity contribution in [2.45, 2.75) is 10.1 Å². The van der Waals surface area contributed by atoms with E-state index in [4.69, 9.17) is 0 Å². The fourth-order valence-electron chi connectivity index (χ4n) is 2.60. The van der Waals surface area contributed by atoms with Crippen molar-refractivity contribution < 1.29 is 22.0 Å². The standard InChI is InChI=1S/C19H15F2NO3S2/c20-14-8-4-9-15(21)18(14)19(23)22-12-17(16-10-5-11-26-16)27(24,25)13-6-2-1-3-7-13/h1-11,17H,12H2,(H,22,23)/t17-/m1/s1. The third-order valence-electron chi connectivity index (χ3n) is 3.94. The minimum Gasteiger partial charge on any atom is -0.350 e. The molecule has 0 aliphatic rings. The summed E-state index contributed by atoms with van der Waals surface area (Å²) in [4.78, 5) is 12.9. The van der Waals surface area contributed by atoms with E-state index in [1.807, 2.05) is 0 Å². The molecular weight excluding hydrogens is 392 g/mol. The third kappa shape index (κ3) is 4.06. The Labute approximate surface area is 159 Å². The summed E-state index contributed by atoms with van der Waals surface area (Å²) in [7, 11) is -3.81. The summed E-state index contributed by atoms with van der Waals surface area (Å²) in [6.45, 7) is -0.315. The predicted octanol–water partition coefficient (Wildman–Crippen LogP) is 3.97. The summed E-state index contributed by atoms with van der Waals surface area (Å²) in [5, 5.41) is 3.01. The summed E-state index contributed by atoms with van der Waals surface area (Å²) >= 11 is 1.23. The quantitative estimate of drug-likeness (QED) is 0.673. The molecule has 0 fully saturated rings. The fraction of sp³-hybridized carbons (Fsp3) is 0.105. The van der Waals surface area contributed by atoms with Crippen LogP contribution < -0.4 is 5.32 Å². The number of hydrogen-bond donors (Lipinski definition) is 1. The number of carbonyl (C=O) groups excluding carboxylic acids is 1. The first-order valence-electron chi connectivity index (χ1n) is 7.96. The lowest BCUT2D eigenvalue weighted by molar-refractivity contribution is 0.0945. The van der Waals surface area contributed by atoms with Gasteiger partial charge in [0.15, 0.2) is 9.84 Å². The van der Waals surface area contributed by atoms with Crippen LogP contribution in [0.15, 0.2) is 70.9 Å². The molecule has 2 aromatic carbocycles. The van der Waals surface area contributed by atoms with Crippen molar-refractivity contribution in [2.75, 3.05) is 6.54 Å². The molecule has 1 N–H and O–H groups in total. The molecule has 0 saturated heterocycles. The average Bonchev–Trinajstić information content (AvgIpc) is 3.16. The molecule has 0 aliphatic heterocycles. The molecule has 3 rings (SSSR count). The van der Waals surface area contributed by atoms with Crippen LogP contribution in [0.2, 0.25) is 0 Å². The number of halogens is 2. The van der Waals surface area contributed by atoms with E-state index in [9.17, 15) is 22.0 Å². The zero-order chi connectivity index (χ0) is 19.4. The maximum Gasteiger partial charge on any atom is 0.257 e. The highest BCUT2D eigenvalue weighted by molar-refractivity contribution is 7.91. The minimum absolute atomic E-state index is 0.106. The molecule has 4 nitrogen and oxygen atoms in total. The predicted molar refractivity (Wildman–Crippen MR) is 99.4 cm³/mol. The number of carbonyl (C=O) groups is 1. The Morgan fingerprint density at radius 1 is 0.963 bits per heavy atom. The molecule has 0 saturated carbocycles. The number of rotatable bonds is 6. The van der Waals surface area contributed by atoms with E-state index in [0.29, 0.717) is 4.88 Å². The van der Waals surface area contributed by atoms with Crippen molar-refractivity contribution >= 4 is 27.1 Å². The summed E-state index contributed by atoms with van der Waals surface area (Å²) in [6, 6.07) is 14.3. The zero-order valence-corrected chi connectivity index (χ0v) is 15.6. The van der Waals surface area contributed by atoms with Crippen molar-refractivity contribution in [3.63, 3.8) is 0 Å². The van der Waals surface area contributed by atoms with E-state index >= 15 is 0 Å². The molecule has 0 radical (unpaired) electrons. The highest BCUT2D eigenvalue weighted by atomic mass is 32.2. The van der Waals surface area contributed by atoms with Crippen LogP contribution in [-0.2, 0) is 9.84 Å². The Morgan fingerprint density at radius 3 is 2.22 bits per heavy atom. The van der Waals surface area contributed by atoms with Gasteiger partial charge in [-0.3, -0.25) is 4.79 Å². The van der Waals surface area contributed by atoms with Gasteiger partial charge >= 0.3 is 0 Å². The van der Waals surface area contributed by atoms with E-state index < -0.39 is 38.2 Å². The van der Waals surface area contributed by atoms with Gasteiger partial charge in [0.05, 0.1) is 4.90 Å². The third-order valence-corrected chi connectivity index (χ3v) is 7.18. The first-order valence-corrected chi connectivity index (χ1v) is 10.4. The molecule has 0 spiro atoms. The molecule has 3 aromatic rings. The highest BCUT2D eigenvalue weighted by Crippen LogP contribution is 2.31. The molecule has 1 heterocycles. The summed E-state index contributed by atoms with van der Waals surface area (Å²) < 4.78 is 53.6. The average molecular weight is 407 g/mol. The first-order chi connectivity index (χ1) is 12.9. The largest absolute Gasteiger partial charge is 0.350 e. The van der Waals surface area contributed by atoms with Crippen molar-refractivity contribution in [3.05, 3.63) is 88.1 Å². The van der Waals surface area contributed by atoms with Crippen LogP contribution in [0.1, 0.15) is 20.5 Å². The smallest absolute Gasteiger partial charge is 0.257 e. The molecule has 0 bridgehead atoms. The van der Waals surface area contributed by atoms with Gasteiger partial charge in [-0.05, 0) is 35.7 Å². The second kappa shape index (κ2) is 7.98. The maximum atomic E-state index is 13.8. The van der Waals surface area contributed by atoms with Crippen molar-refractivity contribution in [3.8, 4) is 0 Å². The lowest BCUT2D eigenvalue weighted by Crippen LogP contribution is -2.32. The molecule has 8 heteroatoms. The van der Waals surface area contributed by atoms with E-state index in [1.54, 1.807) is 35.7 Å². The number of nitrogens with one attached hydrogen (secondary N) is 1. The minimum atomic E-state index is -3.81. The van der Waals surface area contributed by atoms with Crippen LogP contribution in [0.5, 0.6) is 0 Å². The van der Waals surface area contributed by atoms with Gasteiger partial charge in [0, 0.05) is 11.4 Å². The Morgan fingerprint density at radius 2 is 1.63 bits per heavy atom. The first kappa shape index (κ1) is 19.2. The van der Waals surface area contributed by atoms with Crippen LogP contribution in [0.3, 0.4) is 0 Å². The summed E-state index contributed by atoms with van der Waals surface area (Å²) in [6.07, 6.45) is 0. The van der Waals surface area contributed by atoms with E-state index in [2.05, 4.69) is 5.32 Å². The van der Waals surface area contributed by atoms with Crippen LogP contribution in [0.4, 0.5) is 8.78 Å². The van der Waals surface area contributed by atoms with Crippen LogP contribution in [-0.4, -0.2) is 20.9 Å². The Bertz CT molecular complexity index is 1020. The number of amides is 1. The fourth-order valence-corrected chi connectivity index (χ4v) is 5.41. The SMILES string of the molecule is O=C(NC[C@H](c1cccs1)S(=O)(=O)c1ccccc1)c1c(F)cccc1F. The molecule has 1 atom stereocenters. The van der Waals surface area contributed by atoms with Gasteiger partial charge in [-0.15, -0.1) is 11.3 Å². The Balaban J connectivity index is 1.89. The number of benzene rings is 2. The summed E-state index contributed by atoms with van der Waals surface area (Å²) in [5.41, 5.74) is -0.737. The van der Waals surface area contributed by atoms with Crippen LogP contribution >= 0.6 is 11.3 Å². The van der Waals surface area contributed by atoms with Crippen molar-refractivity contribution in [1.82, 2.24) is 5.32 Å². The molecule has 0 unspecified atom stereocenters. The second-order valence-corrected chi connectivity index (χ2v) is 8.78. The van der Waals surface area contributed by atoms with Gasteiger partial charge in [0.25, 0.3) is 5.91 Å². The van der Waals surface area contributed by atoms with Gasteiger partial charge in [0.1, 0.15) is 22.4 Å². The highest BCUT2D eigenvalue weighted by Gasteiger charge is 2.31. The van der Waals surface area contributed by atoms with Crippen LogP contribution in [0, 0.1) is 11.6 Å². The molecule has 1 amide bonds. The number of thiophene rings is 1. The van der Waals surface area contributed by atoms with Gasteiger partial charge < -0.3 is 5.32 Å². The van der Waals surface area contributed by atoms with Gasteiger partial charge in [0.2, 0.25) is 0 Å². The second-order valence-electron chi connectivity index (χ2n) is 5.67. The van der Waals surface area contributed by atoms with Gasteiger partial charge in [-0.2, -0.15) is 0 Å². The molecule has 1 aromatic heterocycles. The number of sulfone groups is 1. The molecule has 0 aliphatic carbocycles. The monoisotopic (exact) mass is 407 g/mol. The van der Waals surface area contributed by atoms with Gasteiger partial charge in [-0.1, -0.05) is 30.3 Å². The van der Waals surface area contributed by atoms with E-state index in [-0.39, 0.29) is 11.4 Å². The number of hydrogen-bond acceptors (Lipinski definition) is 4. The van der Waals surface area contributed by atoms with Crippen LogP contribution in [0.25, 0.3) is 0 Å². The molecule has 140 valence electrons. The maximum absolute atomic E-state index is 13.8. The molecular formula is C19H15F2NO3S2. The Kier molecular flexibility index (Phi) is 5.67. The normalized spacial score (nSPS) is 12.5. The Hall–Kier alpha value is -2.58. The summed E-state index contributed by atoms with van der Waals surface area (Å²) in [5.74, 6) is -3.02. The van der Waals surface area contributed by atoms with E-state index in [1.165, 1.54) is 23.5 Å². The van der Waals surface area contributed by atoms with E-state index in [0.717, 1.165) is 18.2 Å².